The van der Waals surface area contributed by atoms with E-state index in [0.29, 0.717) is 46.1 Å². The summed E-state index contributed by atoms with van der Waals surface area (Å²) in [5.74, 6) is 0. The summed E-state index contributed by atoms with van der Waals surface area (Å²) in [4.78, 5) is 10.7. The fourth-order valence-electron chi connectivity index (χ4n) is 2.48. The van der Waals surface area contributed by atoms with Gasteiger partial charge in [-0.15, -0.1) is 0 Å². The number of hydrogen-bond donors (Lipinski definition) is 1. The molecule has 0 saturated carbocycles. The highest BCUT2D eigenvalue weighted by atomic mass is 16.5. The Balaban J connectivity index is 1.46. The van der Waals surface area contributed by atoms with Crippen molar-refractivity contribution in [1.29, 1.82) is 0 Å². The lowest BCUT2D eigenvalue weighted by molar-refractivity contribution is -0.110. The Kier molecular flexibility index (Phi) is 10.1. The van der Waals surface area contributed by atoms with Gasteiger partial charge in [0.25, 0.3) is 0 Å². The van der Waals surface area contributed by atoms with Crippen LogP contribution < -0.4 is 5.32 Å². The lowest BCUT2D eigenvalue weighted by Gasteiger charge is -2.16. The van der Waals surface area contributed by atoms with Crippen molar-refractivity contribution in [3.05, 3.63) is 71.8 Å². The van der Waals surface area contributed by atoms with Crippen molar-refractivity contribution in [1.82, 2.24) is 5.32 Å². The van der Waals surface area contributed by atoms with E-state index in [-0.39, 0.29) is 6.04 Å². The van der Waals surface area contributed by atoms with E-state index in [0.717, 1.165) is 12.0 Å². The summed E-state index contributed by atoms with van der Waals surface area (Å²) in [6.07, 6.45) is 1.61. The van der Waals surface area contributed by atoms with Crippen molar-refractivity contribution in [3.63, 3.8) is 0 Å². The maximum absolute atomic E-state index is 10.7. The molecule has 1 atom stereocenters. The van der Waals surface area contributed by atoms with Gasteiger partial charge in [-0.2, -0.15) is 0 Å². The molecule has 0 aliphatic carbocycles. The average molecular weight is 357 g/mol. The summed E-state index contributed by atoms with van der Waals surface area (Å²) >= 11 is 0. The minimum Gasteiger partial charge on any atom is -0.379 e. The molecule has 26 heavy (non-hydrogen) atoms. The quantitative estimate of drug-likeness (QED) is 0.417. The third-order valence-electron chi connectivity index (χ3n) is 3.88. The van der Waals surface area contributed by atoms with E-state index in [2.05, 4.69) is 17.4 Å². The van der Waals surface area contributed by atoms with E-state index in [1.54, 1.807) is 0 Å². The smallest absolute Gasteiger partial charge is 0.207 e. The van der Waals surface area contributed by atoms with E-state index in [1.165, 1.54) is 5.56 Å². The fraction of sp³-hybridized carbons (Fsp3) is 0.381. The van der Waals surface area contributed by atoms with Crippen LogP contribution in [-0.2, 0) is 25.4 Å². The van der Waals surface area contributed by atoms with Crippen LogP contribution in [0.3, 0.4) is 0 Å². The van der Waals surface area contributed by atoms with E-state index in [4.69, 9.17) is 14.2 Å². The number of nitrogens with one attached hydrogen (secondary N) is 1. The first-order chi connectivity index (χ1) is 12.9. The number of rotatable bonds is 14. The Hall–Kier alpha value is -2.21. The van der Waals surface area contributed by atoms with Crippen LogP contribution in [0.1, 0.15) is 17.2 Å². The largest absolute Gasteiger partial charge is 0.379 e. The molecule has 0 aromatic heterocycles. The first kappa shape index (κ1) is 20.1. The zero-order chi connectivity index (χ0) is 18.3. The molecule has 0 heterocycles. The predicted molar refractivity (Wildman–Crippen MR) is 101 cm³/mol. The molecule has 140 valence electrons. The van der Waals surface area contributed by atoms with Crippen molar-refractivity contribution < 1.29 is 19.0 Å². The van der Waals surface area contributed by atoms with Crippen molar-refractivity contribution in [3.8, 4) is 0 Å². The third-order valence-corrected chi connectivity index (χ3v) is 3.88. The molecular formula is C21H27NO4. The highest BCUT2D eigenvalue weighted by Crippen LogP contribution is 2.12. The van der Waals surface area contributed by atoms with E-state index in [9.17, 15) is 4.79 Å². The molecule has 0 spiro atoms. The Morgan fingerprint density at radius 1 is 0.769 bits per heavy atom. The number of ether oxygens (including phenoxy) is 3. The molecule has 2 aromatic rings. The van der Waals surface area contributed by atoms with Gasteiger partial charge in [0.15, 0.2) is 0 Å². The van der Waals surface area contributed by atoms with E-state index < -0.39 is 0 Å². The second-order valence-corrected chi connectivity index (χ2v) is 5.78. The van der Waals surface area contributed by atoms with Gasteiger partial charge in [-0.1, -0.05) is 60.7 Å². The van der Waals surface area contributed by atoms with Gasteiger partial charge in [0.2, 0.25) is 6.41 Å². The molecule has 2 aromatic carbocycles. The van der Waals surface area contributed by atoms with E-state index >= 15 is 0 Å². The number of amides is 1. The van der Waals surface area contributed by atoms with Crippen LogP contribution in [0.15, 0.2) is 60.7 Å². The standard InChI is InChI=1S/C21H27NO4/c23-18-22-21(20-9-5-2-6-10-20)17-26-16-15-25-14-13-24-12-11-19-7-3-1-4-8-19/h1-10,18,21H,11-17H2,(H,22,23)/t21-/m1/s1. The molecule has 0 unspecified atom stereocenters. The highest BCUT2D eigenvalue weighted by Gasteiger charge is 2.09. The minimum absolute atomic E-state index is 0.144. The monoisotopic (exact) mass is 357 g/mol. The van der Waals surface area contributed by atoms with Crippen LogP contribution in [0.2, 0.25) is 0 Å². The first-order valence-corrected chi connectivity index (χ1v) is 8.92. The number of hydrogen-bond acceptors (Lipinski definition) is 4. The zero-order valence-corrected chi connectivity index (χ0v) is 15.0. The highest BCUT2D eigenvalue weighted by molar-refractivity contribution is 5.47. The molecule has 0 radical (unpaired) electrons. The Morgan fingerprint density at radius 2 is 1.35 bits per heavy atom. The predicted octanol–water partition coefficient (Wildman–Crippen LogP) is 2.77. The summed E-state index contributed by atoms with van der Waals surface area (Å²) in [7, 11) is 0. The molecular weight excluding hydrogens is 330 g/mol. The van der Waals surface area contributed by atoms with Gasteiger partial charge in [-0.3, -0.25) is 4.79 Å². The Labute approximate surface area is 155 Å². The second-order valence-electron chi connectivity index (χ2n) is 5.78. The van der Waals surface area contributed by atoms with Gasteiger partial charge in [0.05, 0.1) is 45.7 Å². The van der Waals surface area contributed by atoms with Crippen molar-refractivity contribution >= 4 is 6.41 Å². The molecule has 5 heteroatoms. The Bertz CT molecular complexity index is 591. The van der Waals surface area contributed by atoms with Crippen LogP contribution in [0.25, 0.3) is 0 Å². The molecule has 1 amide bonds. The van der Waals surface area contributed by atoms with Crippen molar-refractivity contribution in [2.45, 2.75) is 12.5 Å². The lowest BCUT2D eigenvalue weighted by Crippen LogP contribution is -2.25. The van der Waals surface area contributed by atoms with E-state index in [1.807, 2.05) is 48.5 Å². The van der Waals surface area contributed by atoms with Gasteiger partial charge in [0, 0.05) is 0 Å². The SMILES string of the molecule is O=CN[C@H](COCCOCCOCCc1ccccc1)c1ccccc1. The van der Waals surface area contributed by atoms with Crippen LogP contribution in [0.4, 0.5) is 0 Å². The molecule has 0 fully saturated rings. The molecule has 5 nitrogen and oxygen atoms in total. The molecule has 0 bridgehead atoms. The van der Waals surface area contributed by atoms with Gasteiger partial charge < -0.3 is 19.5 Å². The topological polar surface area (TPSA) is 56.8 Å². The molecule has 0 aliphatic heterocycles. The summed E-state index contributed by atoms with van der Waals surface area (Å²) in [5.41, 5.74) is 2.30. The Morgan fingerprint density at radius 3 is 2.00 bits per heavy atom. The fourth-order valence-corrected chi connectivity index (χ4v) is 2.48. The second kappa shape index (κ2) is 13.1. The lowest BCUT2D eigenvalue weighted by atomic mass is 10.1. The third kappa shape index (κ3) is 8.25. The number of carbonyl (C=O) groups is 1. The average Bonchev–Trinajstić information content (AvgIpc) is 2.70. The van der Waals surface area contributed by atoms with Crippen LogP contribution >= 0.6 is 0 Å². The maximum Gasteiger partial charge on any atom is 0.207 e. The molecule has 0 aliphatic rings. The minimum atomic E-state index is -0.144. The summed E-state index contributed by atoms with van der Waals surface area (Å²) in [6.45, 7) is 3.22. The number of benzene rings is 2. The van der Waals surface area contributed by atoms with Crippen LogP contribution in [-0.4, -0.2) is 46.1 Å². The van der Waals surface area contributed by atoms with Crippen molar-refractivity contribution in [2.75, 3.05) is 39.6 Å². The molecule has 2 rings (SSSR count). The van der Waals surface area contributed by atoms with Gasteiger partial charge in [-0.25, -0.2) is 0 Å². The first-order valence-electron chi connectivity index (χ1n) is 8.92. The summed E-state index contributed by atoms with van der Waals surface area (Å²) in [5, 5.41) is 2.77. The molecule has 0 saturated heterocycles. The summed E-state index contributed by atoms with van der Waals surface area (Å²) < 4.78 is 16.7. The van der Waals surface area contributed by atoms with Gasteiger partial charge in [0.1, 0.15) is 0 Å². The van der Waals surface area contributed by atoms with Crippen molar-refractivity contribution in [2.24, 2.45) is 0 Å². The van der Waals surface area contributed by atoms with Gasteiger partial charge in [-0.05, 0) is 17.5 Å². The normalized spacial score (nSPS) is 11.8. The van der Waals surface area contributed by atoms with Gasteiger partial charge >= 0.3 is 0 Å². The van der Waals surface area contributed by atoms with Crippen LogP contribution in [0, 0.1) is 0 Å². The zero-order valence-electron chi connectivity index (χ0n) is 15.0. The van der Waals surface area contributed by atoms with Crippen LogP contribution in [0.5, 0.6) is 0 Å². The number of carbonyl (C=O) groups excluding carboxylic acids is 1. The summed E-state index contributed by atoms with van der Waals surface area (Å²) in [6, 6.07) is 19.9. The maximum atomic E-state index is 10.7. The molecule has 1 N–H and O–H groups in total.